The van der Waals surface area contributed by atoms with E-state index < -0.39 is 141 Å². The lowest BCUT2D eigenvalue weighted by Crippen LogP contribution is -2.69. The number of ether oxygens (including phenoxy) is 6. The summed E-state index contributed by atoms with van der Waals surface area (Å²) in [5.41, 5.74) is 18.1. The summed E-state index contributed by atoms with van der Waals surface area (Å²) in [5, 5.41) is 89.1. The molecule has 1 saturated carbocycles. The molecule has 0 aromatic rings. The van der Waals surface area contributed by atoms with Crippen molar-refractivity contribution in [1.29, 1.82) is 0 Å². The molecule has 0 spiro atoms. The highest BCUT2D eigenvalue weighted by Gasteiger charge is 2.55. The number of aliphatic hydroxyl groups excluding tert-OH is 8. The van der Waals surface area contributed by atoms with Gasteiger partial charge in [0.1, 0.15) is 79.3 Å². The molecule has 2 amide bonds. The number of nitrogens with one attached hydrogen (secondary N) is 2. The van der Waals surface area contributed by atoms with Crippen LogP contribution in [0, 0.1) is 0 Å². The summed E-state index contributed by atoms with van der Waals surface area (Å²) in [6.07, 6.45) is -22.2. The molecule has 1 aliphatic carbocycles. The van der Waals surface area contributed by atoms with Crippen LogP contribution in [-0.2, 0) is 38.0 Å². The Balaban J connectivity index is 1.59. The quantitative estimate of drug-likeness (QED) is 0.0952. The molecule has 0 radical (unpaired) electrons. The fraction of sp³-hybridized carbons (Fsp3) is 0.926. The molecular formula is C27H49N5O16. The summed E-state index contributed by atoms with van der Waals surface area (Å²) in [5.74, 6) is -1.13. The van der Waals surface area contributed by atoms with Gasteiger partial charge in [0.15, 0.2) is 18.9 Å². The molecule has 4 fully saturated rings. The van der Waals surface area contributed by atoms with E-state index in [0.717, 1.165) is 6.92 Å². The topological polar surface area (TPSA) is 353 Å². The van der Waals surface area contributed by atoms with Gasteiger partial charge in [-0.2, -0.15) is 0 Å². The van der Waals surface area contributed by atoms with Crippen LogP contribution >= 0.6 is 0 Å². The summed E-state index contributed by atoms with van der Waals surface area (Å²) >= 11 is 0. The maximum absolute atomic E-state index is 11.9. The number of carbonyl (C=O) groups excluding carboxylic acids is 2. The van der Waals surface area contributed by atoms with Gasteiger partial charge in [-0.25, -0.2) is 0 Å². The minimum atomic E-state index is -1.71. The third kappa shape index (κ3) is 8.24. The smallest absolute Gasteiger partial charge is 0.217 e. The lowest BCUT2D eigenvalue weighted by Gasteiger charge is -2.48. The van der Waals surface area contributed by atoms with Crippen LogP contribution in [0.5, 0.6) is 0 Å². The largest absolute Gasteiger partial charge is 0.394 e. The van der Waals surface area contributed by atoms with Crippen molar-refractivity contribution >= 4 is 11.8 Å². The lowest BCUT2D eigenvalue weighted by molar-refractivity contribution is -0.313. The van der Waals surface area contributed by atoms with Crippen LogP contribution in [0.1, 0.15) is 20.3 Å². The first kappa shape index (κ1) is 39.1. The molecule has 19 atom stereocenters. The molecule has 21 heteroatoms. The third-order valence-electron chi connectivity index (χ3n) is 8.99. The van der Waals surface area contributed by atoms with Crippen molar-refractivity contribution in [3.05, 3.63) is 0 Å². The van der Waals surface area contributed by atoms with Gasteiger partial charge in [0, 0.05) is 26.4 Å². The van der Waals surface area contributed by atoms with Crippen molar-refractivity contribution in [3.8, 4) is 0 Å². The molecular weight excluding hydrogens is 650 g/mol. The van der Waals surface area contributed by atoms with Gasteiger partial charge < -0.3 is 97.1 Å². The number of rotatable bonds is 11. The Hall–Kier alpha value is -1.74. The fourth-order valence-electron chi connectivity index (χ4n) is 6.43. The van der Waals surface area contributed by atoms with Crippen LogP contribution in [0.15, 0.2) is 0 Å². The van der Waals surface area contributed by atoms with Gasteiger partial charge in [-0.05, 0) is 6.42 Å². The first-order chi connectivity index (χ1) is 22.6. The zero-order valence-corrected chi connectivity index (χ0v) is 26.4. The normalized spacial score (nSPS) is 48.2. The number of nitrogens with two attached hydrogens (primary N) is 3. The van der Waals surface area contributed by atoms with E-state index >= 15 is 0 Å². The van der Waals surface area contributed by atoms with Gasteiger partial charge >= 0.3 is 0 Å². The molecule has 16 N–H and O–H groups in total. The average Bonchev–Trinajstić information content (AvgIpc) is 3.33. The Morgan fingerprint density at radius 2 is 1.21 bits per heavy atom. The SMILES string of the molecule is CC(=O)N[C@H]1[C@@H](O[C@H]2[C@H](O[C@@H]3O[C@H](CO)[C@@H](O[C@H]4O[C@@H](CN)[C@@H](O)[C@H](O)[C@H]4N)[C@H]3O)[C@@H](O)[C@H](NC(C)=O)C[C@@H]2N)O[C@H](CO)[C@@H](O)[C@@H]1O. The Bertz CT molecular complexity index is 1080. The first-order valence-electron chi connectivity index (χ1n) is 15.6. The van der Waals surface area contributed by atoms with E-state index in [1.54, 1.807) is 0 Å². The minimum Gasteiger partial charge on any atom is -0.394 e. The second-order valence-corrected chi connectivity index (χ2v) is 12.5. The van der Waals surface area contributed by atoms with Crippen molar-refractivity contribution in [2.24, 2.45) is 17.2 Å². The van der Waals surface area contributed by atoms with Gasteiger partial charge in [0.05, 0.1) is 25.3 Å². The molecule has 278 valence electrons. The zero-order chi connectivity index (χ0) is 35.6. The predicted molar refractivity (Wildman–Crippen MR) is 156 cm³/mol. The Morgan fingerprint density at radius 3 is 1.79 bits per heavy atom. The van der Waals surface area contributed by atoms with Crippen molar-refractivity contribution < 1.29 is 78.9 Å². The van der Waals surface area contributed by atoms with E-state index in [9.17, 15) is 50.4 Å². The number of aliphatic hydroxyl groups is 8. The fourth-order valence-corrected chi connectivity index (χ4v) is 6.43. The number of hydrogen-bond donors (Lipinski definition) is 13. The van der Waals surface area contributed by atoms with Crippen molar-refractivity contribution in [2.75, 3.05) is 19.8 Å². The molecule has 3 saturated heterocycles. The predicted octanol–water partition coefficient (Wildman–Crippen LogP) is -8.51. The molecule has 3 aliphatic heterocycles. The average molecular weight is 700 g/mol. The standard InChI is InChI=1S/C27H49N5O16/c1-7(35)31-10-3-9(29)22(46-26-15(32-8(2)36)20(41)18(39)12(5-33)44-26)24(16(10)37)48-27-21(42)23(13(6-34)45-27)47-25-14(30)19(40)17(38)11(4-28)43-25/h9-27,33-34,37-42H,3-6,28-30H2,1-2H3,(H,31,35)(H,32,36)/t9-,10+,11-,12+,13+,14+,15+,16-,17+,18+,19+,20+,21+,22+,23+,24+,25+,26+,27-/m0/s1. The van der Waals surface area contributed by atoms with Crippen LogP contribution in [-0.4, -0.2) is 189 Å². The van der Waals surface area contributed by atoms with Crippen LogP contribution in [0.25, 0.3) is 0 Å². The lowest BCUT2D eigenvalue weighted by atomic mass is 9.83. The zero-order valence-electron chi connectivity index (χ0n) is 26.4. The van der Waals surface area contributed by atoms with E-state index in [2.05, 4.69) is 10.6 Å². The minimum absolute atomic E-state index is 0.0656. The molecule has 0 bridgehead atoms. The highest BCUT2D eigenvalue weighted by Crippen LogP contribution is 2.35. The molecule has 4 aliphatic rings. The number of carbonyl (C=O) groups is 2. The number of hydrogen-bond acceptors (Lipinski definition) is 19. The summed E-state index contributed by atoms with van der Waals surface area (Å²) in [6.45, 7) is 0.702. The molecule has 0 unspecified atom stereocenters. The second kappa shape index (κ2) is 16.5. The summed E-state index contributed by atoms with van der Waals surface area (Å²) < 4.78 is 34.9. The van der Waals surface area contributed by atoms with E-state index in [1.807, 2.05) is 0 Å². The maximum Gasteiger partial charge on any atom is 0.217 e. The number of amides is 2. The van der Waals surface area contributed by atoms with Gasteiger partial charge in [0.2, 0.25) is 11.8 Å². The van der Waals surface area contributed by atoms with Gasteiger partial charge in [-0.3, -0.25) is 9.59 Å². The van der Waals surface area contributed by atoms with Crippen LogP contribution in [0.4, 0.5) is 0 Å². The Labute approximate surface area is 275 Å². The molecule has 0 aromatic carbocycles. The first-order valence-corrected chi connectivity index (χ1v) is 15.6. The van der Waals surface area contributed by atoms with Gasteiger partial charge in [-0.1, -0.05) is 0 Å². The summed E-state index contributed by atoms with van der Waals surface area (Å²) in [7, 11) is 0. The van der Waals surface area contributed by atoms with Crippen LogP contribution in [0.2, 0.25) is 0 Å². The van der Waals surface area contributed by atoms with Crippen LogP contribution in [0.3, 0.4) is 0 Å². The van der Waals surface area contributed by atoms with Crippen LogP contribution < -0.4 is 27.8 Å². The molecule has 4 rings (SSSR count). The van der Waals surface area contributed by atoms with Crippen molar-refractivity contribution in [2.45, 2.75) is 137 Å². The van der Waals surface area contributed by atoms with Gasteiger partial charge in [0.25, 0.3) is 0 Å². The van der Waals surface area contributed by atoms with E-state index in [4.69, 9.17) is 45.6 Å². The van der Waals surface area contributed by atoms with Crippen molar-refractivity contribution in [1.82, 2.24) is 10.6 Å². The van der Waals surface area contributed by atoms with Gasteiger partial charge in [-0.15, -0.1) is 0 Å². The van der Waals surface area contributed by atoms with Crippen molar-refractivity contribution in [3.63, 3.8) is 0 Å². The highest BCUT2D eigenvalue weighted by atomic mass is 16.8. The Morgan fingerprint density at radius 1 is 0.667 bits per heavy atom. The summed E-state index contributed by atoms with van der Waals surface area (Å²) in [6, 6.07) is -4.71. The van der Waals surface area contributed by atoms with E-state index in [-0.39, 0.29) is 13.0 Å². The van der Waals surface area contributed by atoms with E-state index in [1.165, 1.54) is 6.92 Å². The summed E-state index contributed by atoms with van der Waals surface area (Å²) in [4.78, 5) is 23.9. The maximum atomic E-state index is 11.9. The monoisotopic (exact) mass is 699 g/mol. The van der Waals surface area contributed by atoms with E-state index in [0.29, 0.717) is 0 Å². The molecule has 0 aromatic heterocycles. The second-order valence-electron chi connectivity index (χ2n) is 12.5. The molecule has 21 nitrogen and oxygen atoms in total. The Kier molecular flexibility index (Phi) is 13.4. The molecule has 48 heavy (non-hydrogen) atoms. The highest BCUT2D eigenvalue weighted by molar-refractivity contribution is 5.73. The third-order valence-corrected chi connectivity index (χ3v) is 8.99. The molecule has 3 heterocycles.